The van der Waals surface area contributed by atoms with Crippen LogP contribution >= 0.6 is 11.6 Å². The van der Waals surface area contributed by atoms with Crippen molar-refractivity contribution in [2.45, 2.75) is 50.6 Å². The minimum atomic E-state index is -4.73. The molecule has 2 aliphatic heterocycles. The van der Waals surface area contributed by atoms with Crippen LogP contribution in [0.3, 0.4) is 0 Å². The van der Waals surface area contributed by atoms with E-state index in [2.05, 4.69) is 24.5 Å². The van der Waals surface area contributed by atoms with Gasteiger partial charge in [-0.15, -0.1) is 0 Å². The number of ether oxygens (including phenoxy) is 3. The molecular weight excluding hydrogens is 604 g/mol. The molecule has 1 saturated heterocycles. The molecular formula is C31H29ClF4N4O4. The summed E-state index contributed by atoms with van der Waals surface area (Å²) in [5.41, 5.74) is 3.26. The van der Waals surface area contributed by atoms with Gasteiger partial charge in [0.1, 0.15) is 5.82 Å². The Morgan fingerprint density at radius 3 is 2.61 bits per heavy atom. The molecule has 0 bridgehead atoms. The highest BCUT2D eigenvalue weighted by atomic mass is 35.5. The molecule has 2 aliphatic rings. The SMILES string of the molecule is COCCc1cc(-c2noc(C(F)(F)F)n2)cnc1CN1CCC(c2cccc3c2OC(C)(c2ccc(Cl)cc2F)O3)CC1. The quantitative estimate of drug-likeness (QED) is 0.189. The lowest BCUT2D eigenvalue weighted by atomic mass is 9.88. The number of benzene rings is 2. The number of hydrogen-bond donors (Lipinski definition) is 0. The van der Waals surface area contributed by atoms with Gasteiger partial charge in [0.25, 0.3) is 5.79 Å². The monoisotopic (exact) mass is 632 g/mol. The Labute approximate surface area is 255 Å². The summed E-state index contributed by atoms with van der Waals surface area (Å²) in [6.45, 7) is 4.24. The predicted molar refractivity (Wildman–Crippen MR) is 152 cm³/mol. The van der Waals surface area contributed by atoms with Crippen molar-refractivity contribution in [1.29, 1.82) is 0 Å². The number of likely N-dealkylation sites (tertiary alicyclic amines) is 1. The van der Waals surface area contributed by atoms with Gasteiger partial charge in [0.15, 0.2) is 11.5 Å². The Morgan fingerprint density at radius 1 is 1.11 bits per heavy atom. The smallest absolute Gasteiger partial charge is 0.444 e. The van der Waals surface area contributed by atoms with Gasteiger partial charge < -0.3 is 18.7 Å². The zero-order valence-electron chi connectivity index (χ0n) is 24.0. The Morgan fingerprint density at radius 2 is 1.91 bits per heavy atom. The number of hydrogen-bond acceptors (Lipinski definition) is 8. The molecule has 8 nitrogen and oxygen atoms in total. The molecule has 2 aromatic heterocycles. The van der Waals surface area contributed by atoms with Crippen LogP contribution in [-0.2, 0) is 29.7 Å². The zero-order valence-corrected chi connectivity index (χ0v) is 24.7. The van der Waals surface area contributed by atoms with E-state index in [1.807, 2.05) is 18.2 Å². The molecule has 1 fully saturated rings. The molecule has 0 saturated carbocycles. The van der Waals surface area contributed by atoms with Crippen LogP contribution in [0.1, 0.15) is 54.0 Å². The first-order valence-corrected chi connectivity index (χ1v) is 14.5. The predicted octanol–water partition coefficient (Wildman–Crippen LogP) is 7.16. The van der Waals surface area contributed by atoms with Crippen LogP contribution in [0.4, 0.5) is 17.6 Å². The second kappa shape index (κ2) is 12.0. The van der Waals surface area contributed by atoms with E-state index >= 15 is 0 Å². The third kappa shape index (κ3) is 6.11. The van der Waals surface area contributed by atoms with E-state index in [0.29, 0.717) is 41.7 Å². The van der Waals surface area contributed by atoms with E-state index in [1.165, 1.54) is 12.3 Å². The van der Waals surface area contributed by atoms with Crippen molar-refractivity contribution in [3.05, 3.63) is 87.8 Å². The fourth-order valence-electron chi connectivity index (χ4n) is 5.74. The van der Waals surface area contributed by atoms with Crippen LogP contribution in [-0.4, -0.2) is 46.8 Å². The standard InChI is InChI=1S/C31H29ClF4N4O4/c1-30(23-7-6-21(32)15-24(23)33)42-26-5-3-4-22(27(26)43-30)18-8-11-40(12-9-18)17-25-19(10-13-41-2)14-20(16-37-25)28-38-29(44-39-28)31(34,35)36/h3-7,14-16,18H,8-13,17H2,1-2H3. The Bertz CT molecular complexity index is 1660. The first-order chi connectivity index (χ1) is 21.0. The lowest BCUT2D eigenvalue weighted by Gasteiger charge is -2.33. The van der Waals surface area contributed by atoms with Crippen LogP contribution in [0, 0.1) is 5.82 Å². The number of piperidine rings is 1. The Kier molecular flexibility index (Phi) is 8.25. The van der Waals surface area contributed by atoms with Crippen LogP contribution in [0.5, 0.6) is 11.5 Å². The van der Waals surface area contributed by atoms with Gasteiger partial charge in [0, 0.05) is 42.9 Å². The number of para-hydroxylation sites is 1. The highest BCUT2D eigenvalue weighted by Crippen LogP contribution is 2.50. The van der Waals surface area contributed by atoms with Crippen molar-refractivity contribution < 1.29 is 36.3 Å². The molecule has 44 heavy (non-hydrogen) atoms. The van der Waals surface area contributed by atoms with E-state index < -0.39 is 23.7 Å². The molecule has 0 radical (unpaired) electrons. The highest BCUT2D eigenvalue weighted by Gasteiger charge is 2.43. The molecule has 1 unspecified atom stereocenters. The Hall–Kier alpha value is -3.74. The maximum absolute atomic E-state index is 14.8. The Balaban J connectivity index is 1.15. The summed E-state index contributed by atoms with van der Waals surface area (Å²) in [6, 6.07) is 11.9. The number of fused-ring (bicyclic) bond motifs is 1. The molecule has 13 heteroatoms. The highest BCUT2D eigenvalue weighted by molar-refractivity contribution is 6.30. The largest absolute Gasteiger partial charge is 0.471 e. The number of rotatable bonds is 8. The first-order valence-electron chi connectivity index (χ1n) is 14.1. The minimum absolute atomic E-state index is 0.174. The van der Waals surface area contributed by atoms with E-state index in [4.69, 9.17) is 25.8 Å². The summed E-state index contributed by atoms with van der Waals surface area (Å²) in [5, 5.41) is 3.78. The van der Waals surface area contributed by atoms with Crippen molar-refractivity contribution in [1.82, 2.24) is 20.0 Å². The van der Waals surface area contributed by atoms with Crippen molar-refractivity contribution >= 4 is 11.6 Å². The van der Waals surface area contributed by atoms with Crippen molar-refractivity contribution in [2.24, 2.45) is 0 Å². The van der Waals surface area contributed by atoms with Gasteiger partial charge in [0.2, 0.25) is 5.82 Å². The van der Waals surface area contributed by atoms with Crippen molar-refractivity contribution in [2.75, 3.05) is 26.8 Å². The fourth-order valence-corrected chi connectivity index (χ4v) is 5.90. The number of halogens is 5. The summed E-state index contributed by atoms with van der Waals surface area (Å²) in [5.74, 6) is -2.01. The number of pyridine rings is 1. The van der Waals surface area contributed by atoms with Gasteiger partial charge in [-0.05, 0) is 74.2 Å². The van der Waals surface area contributed by atoms with E-state index in [-0.39, 0.29) is 17.3 Å². The van der Waals surface area contributed by atoms with Crippen LogP contribution in [0.2, 0.25) is 5.02 Å². The van der Waals surface area contributed by atoms with E-state index in [1.54, 1.807) is 32.2 Å². The molecule has 4 heterocycles. The molecule has 0 amide bonds. The molecule has 0 aliphatic carbocycles. The summed E-state index contributed by atoms with van der Waals surface area (Å²) >= 11 is 5.95. The maximum Gasteiger partial charge on any atom is 0.471 e. The van der Waals surface area contributed by atoms with Crippen molar-refractivity contribution in [3.63, 3.8) is 0 Å². The number of methoxy groups -OCH3 is 1. The second-order valence-electron chi connectivity index (χ2n) is 11.0. The summed E-state index contributed by atoms with van der Waals surface area (Å²) < 4.78 is 75.7. The molecule has 4 aromatic rings. The van der Waals surface area contributed by atoms with Gasteiger partial charge in [0.05, 0.1) is 17.9 Å². The summed E-state index contributed by atoms with van der Waals surface area (Å²) in [6.07, 6.45) is -1.04. The van der Waals surface area contributed by atoms with Gasteiger partial charge in [-0.3, -0.25) is 9.88 Å². The molecule has 6 rings (SSSR count). The van der Waals surface area contributed by atoms with Gasteiger partial charge in [-0.25, -0.2) is 4.39 Å². The minimum Gasteiger partial charge on any atom is -0.444 e. The first kappa shape index (κ1) is 30.3. The summed E-state index contributed by atoms with van der Waals surface area (Å²) in [4.78, 5) is 10.4. The lowest BCUT2D eigenvalue weighted by Crippen LogP contribution is -2.34. The average molecular weight is 633 g/mol. The molecule has 232 valence electrons. The summed E-state index contributed by atoms with van der Waals surface area (Å²) in [7, 11) is 1.58. The third-order valence-corrected chi connectivity index (χ3v) is 8.23. The van der Waals surface area contributed by atoms with Crippen LogP contribution in [0.15, 0.2) is 53.2 Å². The zero-order chi connectivity index (χ0) is 31.1. The van der Waals surface area contributed by atoms with Gasteiger partial charge >= 0.3 is 12.1 Å². The number of nitrogens with zero attached hydrogens (tertiary/aromatic N) is 4. The normalized spacial score (nSPS) is 19.1. The third-order valence-electron chi connectivity index (χ3n) is 7.99. The van der Waals surface area contributed by atoms with Crippen molar-refractivity contribution in [3.8, 4) is 22.9 Å². The van der Waals surface area contributed by atoms with E-state index in [9.17, 15) is 17.6 Å². The molecule has 2 aromatic carbocycles. The van der Waals surface area contributed by atoms with Crippen LogP contribution < -0.4 is 9.47 Å². The number of aromatic nitrogens is 3. The van der Waals surface area contributed by atoms with Crippen LogP contribution in [0.25, 0.3) is 11.4 Å². The van der Waals surface area contributed by atoms with Gasteiger partial charge in [-0.1, -0.05) is 28.9 Å². The maximum atomic E-state index is 14.8. The molecule has 0 spiro atoms. The average Bonchev–Trinajstić information content (AvgIpc) is 3.62. The van der Waals surface area contributed by atoms with Gasteiger partial charge in [-0.2, -0.15) is 18.2 Å². The topological polar surface area (TPSA) is 82.7 Å². The second-order valence-corrected chi connectivity index (χ2v) is 11.4. The fraction of sp³-hybridized carbons (Fsp3) is 0.387. The number of alkyl halides is 3. The molecule has 1 atom stereocenters. The van der Waals surface area contributed by atoms with E-state index in [0.717, 1.165) is 42.8 Å². The molecule has 0 N–H and O–H groups in total. The lowest BCUT2D eigenvalue weighted by molar-refractivity contribution is -0.159.